The Balaban J connectivity index is 1.72. The van der Waals surface area contributed by atoms with E-state index in [1.807, 2.05) is 0 Å². The third-order valence-electron chi connectivity index (χ3n) is 4.11. The highest BCUT2D eigenvalue weighted by Crippen LogP contribution is 2.31. The van der Waals surface area contributed by atoms with Crippen LogP contribution in [-0.2, 0) is 4.74 Å². The van der Waals surface area contributed by atoms with E-state index < -0.39 is 0 Å². The molecule has 2 aliphatic heterocycles. The molecule has 6 heteroatoms. The summed E-state index contributed by atoms with van der Waals surface area (Å²) in [6.45, 7) is 8.13. The minimum Gasteiger partial charge on any atom is -0.377 e. The molecule has 0 aromatic carbocycles. The van der Waals surface area contributed by atoms with Gasteiger partial charge in [0.1, 0.15) is 5.82 Å². The van der Waals surface area contributed by atoms with Crippen LogP contribution in [0.15, 0.2) is 0 Å². The fraction of sp³-hybridized carbons (Fsp3) is 0.846. The molecule has 106 valence electrons. The van der Waals surface area contributed by atoms with Crippen LogP contribution in [0.3, 0.4) is 0 Å². The van der Waals surface area contributed by atoms with Gasteiger partial charge in [0.25, 0.3) is 0 Å². The molecular formula is C13H23N5O. The van der Waals surface area contributed by atoms with Gasteiger partial charge in [0.05, 0.1) is 6.10 Å². The van der Waals surface area contributed by atoms with Crippen molar-refractivity contribution < 1.29 is 4.74 Å². The first kappa shape index (κ1) is 12.9. The summed E-state index contributed by atoms with van der Waals surface area (Å²) in [6, 6.07) is 0.494. The first-order valence-electron chi connectivity index (χ1n) is 7.30. The maximum atomic E-state index is 5.73. The van der Waals surface area contributed by atoms with E-state index in [1.54, 1.807) is 0 Å². The van der Waals surface area contributed by atoms with Crippen molar-refractivity contribution in [3.8, 4) is 0 Å². The summed E-state index contributed by atoms with van der Waals surface area (Å²) in [5, 5.41) is 10.9. The van der Waals surface area contributed by atoms with E-state index in [-0.39, 0.29) is 0 Å². The van der Waals surface area contributed by atoms with Gasteiger partial charge < -0.3 is 15.0 Å². The predicted molar refractivity (Wildman–Crippen MR) is 73.4 cm³/mol. The van der Waals surface area contributed by atoms with E-state index in [9.17, 15) is 0 Å². The van der Waals surface area contributed by atoms with Gasteiger partial charge in [-0.25, -0.2) is 0 Å². The number of hydrogen-bond acceptors (Lipinski definition) is 5. The van der Waals surface area contributed by atoms with Crippen molar-refractivity contribution in [1.29, 1.82) is 0 Å². The number of aromatic amines is 1. The zero-order chi connectivity index (χ0) is 13.2. The number of nitrogens with one attached hydrogen (secondary N) is 2. The molecule has 3 rings (SSSR count). The molecule has 0 bridgehead atoms. The smallest absolute Gasteiger partial charge is 0.244 e. The number of ether oxygens (including phenoxy) is 1. The Bertz CT molecular complexity index is 421. The van der Waals surface area contributed by atoms with Gasteiger partial charge in [-0.1, -0.05) is 6.92 Å². The summed E-state index contributed by atoms with van der Waals surface area (Å²) in [5.41, 5.74) is 0. The fourth-order valence-corrected chi connectivity index (χ4v) is 3.05. The standard InChI is InChI=1S/C13H23N5O/c1-3-11-10(4-7-19-11)12-15-13(17-16-12)18-6-5-14-9(2)8-18/h9-11,14H,3-8H2,1-2H3,(H,15,16,17)/t9-,10?,11?/m1/s1. The van der Waals surface area contributed by atoms with Crippen LogP contribution in [0, 0.1) is 0 Å². The summed E-state index contributed by atoms with van der Waals surface area (Å²) in [5.74, 6) is 2.21. The first-order chi connectivity index (χ1) is 9.28. The molecule has 6 nitrogen and oxygen atoms in total. The van der Waals surface area contributed by atoms with Crippen LogP contribution in [0.25, 0.3) is 0 Å². The Morgan fingerprint density at radius 1 is 1.47 bits per heavy atom. The molecule has 0 saturated carbocycles. The summed E-state index contributed by atoms with van der Waals surface area (Å²) >= 11 is 0. The maximum Gasteiger partial charge on any atom is 0.244 e. The Labute approximate surface area is 113 Å². The molecule has 0 amide bonds. The summed E-state index contributed by atoms with van der Waals surface area (Å²) in [6.07, 6.45) is 2.37. The predicted octanol–water partition coefficient (Wildman–Crippen LogP) is 0.885. The second-order valence-corrected chi connectivity index (χ2v) is 5.53. The number of rotatable bonds is 3. The molecule has 2 N–H and O–H groups in total. The average molecular weight is 265 g/mol. The normalized spacial score (nSPS) is 31.9. The van der Waals surface area contributed by atoms with Crippen LogP contribution >= 0.6 is 0 Å². The summed E-state index contributed by atoms with van der Waals surface area (Å²) in [4.78, 5) is 6.95. The molecule has 0 radical (unpaired) electrons. The van der Waals surface area contributed by atoms with Gasteiger partial charge in [0.15, 0.2) is 0 Å². The molecule has 1 aromatic rings. The topological polar surface area (TPSA) is 66.1 Å². The highest BCUT2D eigenvalue weighted by molar-refractivity contribution is 5.31. The van der Waals surface area contributed by atoms with Crippen LogP contribution in [0.5, 0.6) is 0 Å². The first-order valence-corrected chi connectivity index (χ1v) is 7.30. The molecule has 3 heterocycles. The van der Waals surface area contributed by atoms with Gasteiger partial charge in [-0.05, 0) is 19.8 Å². The van der Waals surface area contributed by atoms with E-state index in [4.69, 9.17) is 9.72 Å². The average Bonchev–Trinajstić information content (AvgIpc) is 3.07. The van der Waals surface area contributed by atoms with Gasteiger partial charge in [-0.3, -0.25) is 5.10 Å². The van der Waals surface area contributed by atoms with Crippen LogP contribution in [0.4, 0.5) is 5.95 Å². The van der Waals surface area contributed by atoms with Crippen molar-refractivity contribution in [2.45, 2.75) is 44.8 Å². The molecule has 1 aromatic heterocycles. The number of H-pyrrole nitrogens is 1. The highest BCUT2D eigenvalue weighted by atomic mass is 16.5. The lowest BCUT2D eigenvalue weighted by atomic mass is 9.99. The molecule has 19 heavy (non-hydrogen) atoms. The minimum absolute atomic E-state index is 0.294. The molecule has 2 fully saturated rings. The Hall–Kier alpha value is -1.14. The molecule has 3 atom stereocenters. The van der Waals surface area contributed by atoms with Gasteiger partial charge in [0, 0.05) is 38.2 Å². The number of aromatic nitrogens is 3. The summed E-state index contributed by atoms with van der Waals surface area (Å²) in [7, 11) is 0. The second-order valence-electron chi connectivity index (χ2n) is 5.53. The van der Waals surface area contributed by atoms with Crippen LogP contribution in [-0.4, -0.2) is 53.6 Å². The van der Waals surface area contributed by atoms with Crippen molar-refractivity contribution in [1.82, 2.24) is 20.5 Å². The number of piperazine rings is 1. The number of anilines is 1. The lowest BCUT2D eigenvalue weighted by Gasteiger charge is -2.30. The van der Waals surface area contributed by atoms with E-state index in [2.05, 4.69) is 34.3 Å². The van der Waals surface area contributed by atoms with Crippen LogP contribution in [0.2, 0.25) is 0 Å². The van der Waals surface area contributed by atoms with Crippen molar-refractivity contribution in [3.05, 3.63) is 5.82 Å². The lowest BCUT2D eigenvalue weighted by molar-refractivity contribution is 0.0994. The highest BCUT2D eigenvalue weighted by Gasteiger charge is 2.31. The third kappa shape index (κ3) is 2.60. The van der Waals surface area contributed by atoms with E-state index >= 15 is 0 Å². The summed E-state index contributed by atoms with van der Waals surface area (Å²) < 4.78 is 5.73. The Morgan fingerprint density at radius 2 is 2.37 bits per heavy atom. The van der Waals surface area contributed by atoms with Crippen LogP contribution < -0.4 is 10.2 Å². The molecule has 0 aliphatic carbocycles. The molecular weight excluding hydrogens is 242 g/mol. The van der Waals surface area contributed by atoms with E-state index in [0.29, 0.717) is 18.1 Å². The third-order valence-corrected chi connectivity index (χ3v) is 4.11. The maximum absolute atomic E-state index is 5.73. The Kier molecular flexibility index (Phi) is 3.70. The molecule has 2 saturated heterocycles. The minimum atomic E-state index is 0.294. The zero-order valence-electron chi connectivity index (χ0n) is 11.7. The Morgan fingerprint density at radius 3 is 3.16 bits per heavy atom. The fourth-order valence-electron chi connectivity index (χ4n) is 3.05. The second kappa shape index (κ2) is 5.46. The quantitative estimate of drug-likeness (QED) is 0.849. The van der Waals surface area contributed by atoms with Crippen molar-refractivity contribution >= 4 is 5.95 Å². The van der Waals surface area contributed by atoms with Gasteiger partial charge in [-0.15, -0.1) is 5.10 Å². The van der Waals surface area contributed by atoms with Crippen molar-refractivity contribution in [2.24, 2.45) is 0 Å². The van der Waals surface area contributed by atoms with Gasteiger partial charge in [0.2, 0.25) is 5.95 Å². The van der Waals surface area contributed by atoms with E-state index in [1.165, 1.54) is 0 Å². The monoisotopic (exact) mass is 265 g/mol. The number of hydrogen-bond donors (Lipinski definition) is 2. The largest absolute Gasteiger partial charge is 0.377 e. The van der Waals surface area contributed by atoms with Gasteiger partial charge >= 0.3 is 0 Å². The van der Waals surface area contributed by atoms with Gasteiger partial charge in [-0.2, -0.15) is 4.98 Å². The van der Waals surface area contributed by atoms with Crippen LogP contribution in [0.1, 0.15) is 38.4 Å². The molecule has 2 aliphatic rings. The molecule has 0 spiro atoms. The molecule has 2 unspecified atom stereocenters. The lowest BCUT2D eigenvalue weighted by Crippen LogP contribution is -2.49. The zero-order valence-corrected chi connectivity index (χ0v) is 11.7. The van der Waals surface area contributed by atoms with E-state index in [0.717, 1.165) is 50.9 Å². The SMILES string of the molecule is CCC1OCCC1c1nc(N2CCN[C@H](C)C2)n[nH]1. The van der Waals surface area contributed by atoms with Crippen molar-refractivity contribution in [2.75, 3.05) is 31.1 Å². The number of nitrogens with zero attached hydrogens (tertiary/aromatic N) is 3. The van der Waals surface area contributed by atoms with Crippen molar-refractivity contribution in [3.63, 3.8) is 0 Å².